The van der Waals surface area contributed by atoms with Gasteiger partial charge in [0.05, 0.1) is 12.8 Å². The Bertz CT molecular complexity index is 507. The van der Waals surface area contributed by atoms with Crippen molar-refractivity contribution in [1.29, 1.82) is 0 Å². The standard InChI is InChI=1S/C14H17N3O/c1-2-5-12(6-3-1)18-10-7-13-16-11-14-15-8-4-9-17(13)14/h1-3,5-6,11,15H,4,7-10H2. The molecule has 18 heavy (non-hydrogen) atoms. The van der Waals surface area contributed by atoms with Crippen molar-refractivity contribution in [3.63, 3.8) is 0 Å². The Labute approximate surface area is 107 Å². The summed E-state index contributed by atoms with van der Waals surface area (Å²) in [5.74, 6) is 3.16. The summed E-state index contributed by atoms with van der Waals surface area (Å²) < 4.78 is 7.94. The first kappa shape index (κ1) is 11.1. The van der Waals surface area contributed by atoms with Crippen LogP contribution < -0.4 is 10.1 Å². The molecule has 0 saturated heterocycles. The van der Waals surface area contributed by atoms with E-state index < -0.39 is 0 Å². The molecule has 1 aliphatic rings. The summed E-state index contributed by atoms with van der Waals surface area (Å²) in [7, 11) is 0. The molecule has 0 spiro atoms. The van der Waals surface area contributed by atoms with Gasteiger partial charge in [-0.25, -0.2) is 4.98 Å². The molecular formula is C14H17N3O. The number of aromatic nitrogens is 2. The molecule has 0 unspecified atom stereocenters. The van der Waals surface area contributed by atoms with Crippen LogP contribution in [-0.2, 0) is 13.0 Å². The van der Waals surface area contributed by atoms with Gasteiger partial charge in [-0.05, 0) is 18.6 Å². The van der Waals surface area contributed by atoms with Crippen molar-refractivity contribution < 1.29 is 4.74 Å². The second-order valence-corrected chi connectivity index (χ2v) is 4.40. The third kappa shape index (κ3) is 2.32. The van der Waals surface area contributed by atoms with Gasteiger partial charge in [0.15, 0.2) is 0 Å². The van der Waals surface area contributed by atoms with Gasteiger partial charge in [-0.3, -0.25) is 0 Å². The number of hydrogen-bond acceptors (Lipinski definition) is 3. The average Bonchev–Trinajstić information content (AvgIpc) is 2.84. The lowest BCUT2D eigenvalue weighted by atomic mass is 10.3. The molecule has 1 aromatic heterocycles. The van der Waals surface area contributed by atoms with Crippen molar-refractivity contribution in [1.82, 2.24) is 9.55 Å². The van der Waals surface area contributed by atoms with Crippen LogP contribution in [0.4, 0.5) is 5.82 Å². The number of rotatable bonds is 4. The second-order valence-electron chi connectivity index (χ2n) is 4.40. The third-order valence-electron chi connectivity index (χ3n) is 3.14. The molecule has 0 fully saturated rings. The van der Waals surface area contributed by atoms with E-state index in [2.05, 4.69) is 14.9 Å². The van der Waals surface area contributed by atoms with Crippen LogP contribution in [0, 0.1) is 0 Å². The number of fused-ring (bicyclic) bond motifs is 1. The van der Waals surface area contributed by atoms with Gasteiger partial charge >= 0.3 is 0 Å². The zero-order chi connectivity index (χ0) is 12.2. The van der Waals surface area contributed by atoms with Crippen molar-refractivity contribution in [3.05, 3.63) is 42.4 Å². The molecule has 3 rings (SSSR count). The summed E-state index contributed by atoms with van der Waals surface area (Å²) in [6, 6.07) is 9.90. The molecule has 0 saturated carbocycles. The van der Waals surface area contributed by atoms with E-state index >= 15 is 0 Å². The van der Waals surface area contributed by atoms with Gasteiger partial charge in [0.25, 0.3) is 0 Å². The van der Waals surface area contributed by atoms with Gasteiger partial charge in [0.1, 0.15) is 17.4 Å². The van der Waals surface area contributed by atoms with Gasteiger partial charge in [0, 0.05) is 19.5 Å². The first-order valence-electron chi connectivity index (χ1n) is 6.39. The predicted molar refractivity (Wildman–Crippen MR) is 71.0 cm³/mol. The summed E-state index contributed by atoms with van der Waals surface area (Å²) in [5, 5.41) is 3.35. The molecule has 2 aromatic rings. The summed E-state index contributed by atoms with van der Waals surface area (Å²) in [6.07, 6.45) is 3.92. The van der Waals surface area contributed by atoms with E-state index in [4.69, 9.17) is 4.74 Å². The smallest absolute Gasteiger partial charge is 0.126 e. The van der Waals surface area contributed by atoms with Crippen LogP contribution >= 0.6 is 0 Å². The van der Waals surface area contributed by atoms with E-state index in [1.54, 1.807) is 0 Å². The Balaban J connectivity index is 1.59. The van der Waals surface area contributed by atoms with Gasteiger partial charge < -0.3 is 14.6 Å². The zero-order valence-corrected chi connectivity index (χ0v) is 10.3. The number of anilines is 1. The monoisotopic (exact) mass is 243 g/mol. The van der Waals surface area contributed by atoms with E-state index in [0.29, 0.717) is 6.61 Å². The molecule has 4 nitrogen and oxygen atoms in total. The van der Waals surface area contributed by atoms with Crippen molar-refractivity contribution in [2.24, 2.45) is 0 Å². The molecule has 2 heterocycles. The number of ether oxygens (including phenoxy) is 1. The van der Waals surface area contributed by atoms with Crippen molar-refractivity contribution >= 4 is 5.82 Å². The summed E-state index contributed by atoms with van der Waals surface area (Å²) in [5.41, 5.74) is 0. The number of imidazole rings is 1. The number of para-hydroxylation sites is 1. The fourth-order valence-corrected chi connectivity index (χ4v) is 2.23. The van der Waals surface area contributed by atoms with Crippen LogP contribution in [0.1, 0.15) is 12.2 Å². The van der Waals surface area contributed by atoms with Gasteiger partial charge in [-0.1, -0.05) is 18.2 Å². The Morgan fingerprint density at radius 1 is 1.28 bits per heavy atom. The van der Waals surface area contributed by atoms with E-state index in [9.17, 15) is 0 Å². The van der Waals surface area contributed by atoms with Gasteiger partial charge in [-0.2, -0.15) is 0 Å². The molecule has 94 valence electrons. The number of nitrogens with zero attached hydrogens (tertiary/aromatic N) is 2. The van der Waals surface area contributed by atoms with Crippen LogP contribution in [0.3, 0.4) is 0 Å². The highest BCUT2D eigenvalue weighted by atomic mass is 16.5. The molecule has 0 bridgehead atoms. The molecule has 0 radical (unpaired) electrons. The molecule has 0 aliphatic carbocycles. The third-order valence-corrected chi connectivity index (χ3v) is 3.14. The molecule has 1 N–H and O–H groups in total. The van der Waals surface area contributed by atoms with Crippen LogP contribution in [0.25, 0.3) is 0 Å². The second kappa shape index (κ2) is 5.12. The molecular weight excluding hydrogens is 226 g/mol. The number of hydrogen-bond donors (Lipinski definition) is 1. The Morgan fingerprint density at radius 3 is 3.06 bits per heavy atom. The Hall–Kier alpha value is -1.97. The van der Waals surface area contributed by atoms with Crippen LogP contribution in [0.5, 0.6) is 5.75 Å². The largest absolute Gasteiger partial charge is 0.493 e. The zero-order valence-electron chi connectivity index (χ0n) is 10.3. The fourth-order valence-electron chi connectivity index (χ4n) is 2.23. The fraction of sp³-hybridized carbons (Fsp3) is 0.357. The van der Waals surface area contributed by atoms with Crippen LogP contribution in [0.15, 0.2) is 36.5 Å². The maximum Gasteiger partial charge on any atom is 0.126 e. The van der Waals surface area contributed by atoms with E-state index in [0.717, 1.165) is 43.3 Å². The highest BCUT2D eigenvalue weighted by Crippen LogP contribution is 2.17. The lowest BCUT2D eigenvalue weighted by molar-refractivity contribution is 0.316. The van der Waals surface area contributed by atoms with Crippen molar-refractivity contribution in [2.75, 3.05) is 18.5 Å². The molecule has 0 atom stereocenters. The van der Waals surface area contributed by atoms with Crippen LogP contribution in [0.2, 0.25) is 0 Å². The summed E-state index contributed by atoms with van der Waals surface area (Å²) in [6.45, 7) is 2.77. The predicted octanol–water partition coefficient (Wildman–Crippen LogP) is 2.32. The maximum absolute atomic E-state index is 5.70. The van der Waals surface area contributed by atoms with Crippen LogP contribution in [-0.4, -0.2) is 22.7 Å². The van der Waals surface area contributed by atoms with E-state index in [-0.39, 0.29) is 0 Å². The lowest BCUT2D eigenvalue weighted by Gasteiger charge is -2.18. The summed E-state index contributed by atoms with van der Waals surface area (Å²) >= 11 is 0. The SMILES string of the molecule is c1ccc(OCCc2ncc3n2CCCN3)cc1. The average molecular weight is 243 g/mol. The van der Waals surface area contributed by atoms with Gasteiger partial charge in [-0.15, -0.1) is 0 Å². The minimum absolute atomic E-state index is 0.667. The summed E-state index contributed by atoms with van der Waals surface area (Å²) in [4.78, 5) is 4.45. The van der Waals surface area contributed by atoms with Gasteiger partial charge in [0.2, 0.25) is 0 Å². The molecule has 0 amide bonds. The highest BCUT2D eigenvalue weighted by Gasteiger charge is 2.12. The maximum atomic E-state index is 5.70. The number of benzene rings is 1. The quantitative estimate of drug-likeness (QED) is 0.895. The normalized spacial score (nSPS) is 13.8. The minimum Gasteiger partial charge on any atom is -0.493 e. The Morgan fingerprint density at radius 2 is 2.17 bits per heavy atom. The minimum atomic E-state index is 0.667. The first-order valence-corrected chi connectivity index (χ1v) is 6.39. The molecule has 1 aromatic carbocycles. The van der Waals surface area contributed by atoms with E-state index in [1.807, 2.05) is 36.5 Å². The van der Waals surface area contributed by atoms with Crippen molar-refractivity contribution in [3.8, 4) is 5.75 Å². The van der Waals surface area contributed by atoms with E-state index in [1.165, 1.54) is 0 Å². The first-order chi connectivity index (χ1) is 8.93. The molecule has 4 heteroatoms. The molecule has 1 aliphatic heterocycles. The number of nitrogens with one attached hydrogen (secondary N) is 1. The Kier molecular flexibility index (Phi) is 3.17. The highest BCUT2D eigenvalue weighted by molar-refractivity contribution is 5.36. The van der Waals surface area contributed by atoms with Crippen molar-refractivity contribution in [2.45, 2.75) is 19.4 Å². The topological polar surface area (TPSA) is 39.1 Å². The lowest BCUT2D eigenvalue weighted by Crippen LogP contribution is -2.19.